The summed E-state index contributed by atoms with van der Waals surface area (Å²) in [4.78, 5) is 21.0. The lowest BCUT2D eigenvalue weighted by Crippen LogP contribution is -2.18. The van der Waals surface area contributed by atoms with Gasteiger partial charge in [-0.1, -0.05) is 331 Å². The van der Waals surface area contributed by atoms with Crippen molar-refractivity contribution in [2.45, 2.75) is 44.9 Å². The van der Waals surface area contributed by atoms with Crippen LogP contribution < -0.4 is 0 Å². The van der Waals surface area contributed by atoms with Gasteiger partial charge in [-0.15, -0.1) is 0 Å². The van der Waals surface area contributed by atoms with Crippen LogP contribution in [0.25, 0.3) is 205 Å². The number of rotatable bonds is 9. The topological polar surface area (TPSA) is 66.3 Å². The van der Waals surface area contributed by atoms with Crippen LogP contribution in [0.3, 0.4) is 0 Å². The molecule has 0 atom stereocenters. The Kier molecular flexibility index (Phi) is 17.6. The van der Waals surface area contributed by atoms with Crippen molar-refractivity contribution in [1.29, 1.82) is 0 Å². The van der Waals surface area contributed by atoms with E-state index >= 15 is 0 Å². The Morgan fingerprint density at radius 2 is 0.583 bits per heavy atom. The highest BCUT2D eigenvalue weighted by atomic mass is 35.5. The molecule has 5 heterocycles. The van der Waals surface area contributed by atoms with E-state index in [2.05, 4.69) is 436 Å². The minimum atomic E-state index is -0.414. The summed E-state index contributed by atoms with van der Waals surface area (Å²) in [6.45, 7) is 9.26. The predicted octanol–water partition coefficient (Wildman–Crippen LogP) is 31.1. The zero-order valence-electron chi connectivity index (χ0n) is 70.5. The van der Waals surface area contributed by atoms with Crippen molar-refractivity contribution in [3.8, 4) is 118 Å². The third kappa shape index (κ3) is 12.3. The first-order valence-electron chi connectivity index (χ1n) is 43.7. The first-order valence-corrected chi connectivity index (χ1v) is 44.1. The molecule has 0 unspecified atom stereocenters. The van der Waals surface area contributed by atoms with Crippen molar-refractivity contribution in [1.82, 2.24) is 33.6 Å². The number of hydrogen-bond acceptors (Lipinski definition) is 4. The van der Waals surface area contributed by atoms with Crippen molar-refractivity contribution in [3.05, 3.63) is 451 Å². The van der Waals surface area contributed by atoms with E-state index in [-0.39, 0.29) is 10.7 Å². The monoisotopic (exact) mass is 1640 g/mol. The van der Waals surface area contributed by atoms with Gasteiger partial charge in [0.1, 0.15) is 0 Å². The van der Waals surface area contributed by atoms with E-state index < -0.39 is 5.41 Å². The zero-order valence-corrected chi connectivity index (χ0v) is 71.2. The molecule has 0 saturated heterocycles. The van der Waals surface area contributed by atoms with E-state index in [1.165, 1.54) is 143 Å². The molecule has 23 aromatic rings. The molecular formula is C119H82ClN7. The predicted molar refractivity (Wildman–Crippen MR) is 530 cm³/mol. The van der Waals surface area contributed by atoms with E-state index in [1.54, 1.807) is 0 Å². The Morgan fingerprint density at radius 3 is 1.08 bits per heavy atom. The van der Waals surface area contributed by atoms with Crippen molar-refractivity contribution >= 4 is 98.6 Å². The second-order valence-electron chi connectivity index (χ2n) is 34.9. The van der Waals surface area contributed by atoms with Crippen LogP contribution in [0.4, 0.5) is 0 Å². The lowest BCUT2D eigenvalue weighted by Gasteiger charge is -2.25. The fourth-order valence-corrected chi connectivity index (χ4v) is 21.1. The van der Waals surface area contributed by atoms with E-state index in [1.807, 2.05) is 18.2 Å². The van der Waals surface area contributed by atoms with Gasteiger partial charge >= 0.3 is 0 Å². The molecule has 5 aromatic heterocycles. The molecule has 26 rings (SSSR count). The van der Waals surface area contributed by atoms with Gasteiger partial charge in [-0.05, 0) is 227 Å². The Morgan fingerprint density at radius 1 is 0.228 bits per heavy atom. The van der Waals surface area contributed by atoms with Crippen LogP contribution in [0.2, 0.25) is 5.28 Å². The summed E-state index contributed by atoms with van der Waals surface area (Å²) < 4.78 is 7.03. The zero-order chi connectivity index (χ0) is 84.8. The largest absolute Gasteiger partial charge is 0.309 e. The molecule has 127 heavy (non-hydrogen) atoms. The molecule has 0 saturated carbocycles. The van der Waals surface area contributed by atoms with Crippen LogP contribution in [0.5, 0.6) is 0 Å². The maximum atomic E-state index is 6.65. The first-order chi connectivity index (χ1) is 62.4. The summed E-state index contributed by atoms with van der Waals surface area (Å²) in [7, 11) is 0. The summed E-state index contributed by atoms with van der Waals surface area (Å²) in [6.07, 6.45) is 1.08. The lowest BCUT2D eigenvalue weighted by atomic mass is 9.79. The van der Waals surface area contributed by atoms with Crippen LogP contribution in [0.1, 0.15) is 61.1 Å². The third-order valence-corrected chi connectivity index (χ3v) is 27.0. The lowest BCUT2D eigenvalue weighted by molar-refractivity contribution is 0.657. The van der Waals surface area contributed by atoms with Gasteiger partial charge in [0.15, 0.2) is 0 Å². The molecule has 7 nitrogen and oxygen atoms in total. The summed E-state index contributed by atoms with van der Waals surface area (Å²) >= 11 is 6.65. The Bertz CT molecular complexity index is 8400. The molecular weight excluding hydrogens is 1560 g/mol. The highest BCUT2D eigenvalue weighted by Gasteiger charge is 2.44. The fraction of sp³-hybridized carbons (Fsp3) is 0.0588. The van der Waals surface area contributed by atoms with Crippen LogP contribution in [-0.2, 0) is 17.3 Å². The van der Waals surface area contributed by atoms with Gasteiger partial charge < -0.3 is 9.13 Å². The molecule has 0 bridgehead atoms. The van der Waals surface area contributed by atoms with Gasteiger partial charge in [0.2, 0.25) is 11.2 Å². The first kappa shape index (κ1) is 75.1. The van der Waals surface area contributed by atoms with Crippen LogP contribution in [-0.4, -0.2) is 33.6 Å². The average Bonchev–Trinajstić information content (AvgIpc) is 1.55. The molecule has 0 spiro atoms. The summed E-state index contributed by atoms with van der Waals surface area (Å²) in [5, 5.41) is 12.7. The smallest absolute Gasteiger partial charge is 0.235 e. The molecule has 0 radical (unpaired) electrons. The minimum Gasteiger partial charge on any atom is -0.309 e. The molecule has 0 fully saturated rings. The van der Waals surface area contributed by atoms with E-state index in [0.717, 1.165) is 96.1 Å². The molecule has 3 aliphatic rings. The van der Waals surface area contributed by atoms with Crippen molar-refractivity contribution in [3.63, 3.8) is 0 Å². The second-order valence-corrected chi connectivity index (χ2v) is 35.2. The van der Waals surface area contributed by atoms with Crippen LogP contribution >= 0.6 is 11.6 Å². The van der Waals surface area contributed by atoms with E-state index in [4.69, 9.17) is 31.5 Å². The quantitative estimate of drug-likeness (QED) is 0.135. The van der Waals surface area contributed by atoms with Gasteiger partial charge in [0.05, 0.1) is 55.9 Å². The SMILES string of the molecule is CC1(C)c2cc(-c3ccc4c(c3)c3ccccc3n4-c3ccccc3)c(-c3ccccc3)cc2-c2nc(-n3c4ccccc4c4cc5ccccc5cc43)nc(-c3ccccc3)c21.CC1(C)c2cc(-c3ccc4c(c3)c3ccccc3n4-c3ccccc3)c(-c3ccccc3)cc2-c2nc(Cl)nc(-c3ccccc3)c21.c1ccc2c(c1)Cc1cc3ccccc3cc1-2. The van der Waals surface area contributed by atoms with Crippen molar-refractivity contribution < 1.29 is 0 Å². The van der Waals surface area contributed by atoms with Crippen molar-refractivity contribution in [2.75, 3.05) is 0 Å². The minimum absolute atomic E-state index is 0.261. The van der Waals surface area contributed by atoms with Gasteiger partial charge in [0, 0.05) is 87.9 Å². The Hall–Kier alpha value is -15.7. The molecule has 8 heteroatoms. The highest BCUT2D eigenvalue weighted by molar-refractivity contribution is 6.28. The number of fused-ring (bicyclic) bond motifs is 20. The maximum absolute atomic E-state index is 6.65. The van der Waals surface area contributed by atoms with Gasteiger partial charge in [-0.2, -0.15) is 0 Å². The number of para-hydroxylation sites is 5. The second kappa shape index (κ2) is 29.8. The molecule has 0 N–H and O–H groups in total. The Labute approximate surface area is 741 Å². The normalized spacial score (nSPS) is 13.0. The molecule has 0 aliphatic heterocycles. The summed E-state index contributed by atoms with van der Waals surface area (Å²) in [5.74, 6) is 0.670. The number of nitrogens with zero attached hydrogens (tertiary/aromatic N) is 7. The number of halogens is 1. The standard InChI is InChI=1S/C59H40N4.C43H30ClN3.C17H12/c1-59(2)50-36-46(41-30-31-53-47(33-41)43-26-14-16-28-51(43)62(53)42-24-10-5-11-25-42)45(37-18-6-3-7-19-37)35-49(50)57-55(59)56(38-20-8-4-9-21-38)60-58(61-57)63-52-29-17-15-27-44(52)48-32-39-22-12-13-23-40(39)34-54(48)63;1-43(2)36-26-33(29-22-23-38-34(24-29)31-20-12-13-21-37(31)47(38)30-18-10-5-11-19-30)32(27-14-6-3-7-15-27)25-35(36)41-39(43)40(45-42(44)46-41)28-16-8-4-9-17-28;1-2-6-13-11-17-15(9-12(13)5-1)10-14-7-3-4-8-16(14)17/h3-36H,1-2H3;3-26H,1-2H3;1-9,11H,10H2. The number of aromatic nitrogens is 7. The number of hydrogen-bond donors (Lipinski definition) is 0. The third-order valence-electron chi connectivity index (χ3n) is 26.9. The van der Waals surface area contributed by atoms with Crippen LogP contribution in [0.15, 0.2) is 413 Å². The molecule has 18 aromatic carbocycles. The molecule has 600 valence electrons. The average molecular weight is 1650 g/mol. The molecule has 3 aliphatic carbocycles. The van der Waals surface area contributed by atoms with E-state index in [9.17, 15) is 0 Å². The number of benzene rings is 18. The van der Waals surface area contributed by atoms with Gasteiger partial charge in [-0.3, -0.25) is 4.57 Å². The summed E-state index contributed by atoms with van der Waals surface area (Å²) in [6, 6.07) is 149. The van der Waals surface area contributed by atoms with Gasteiger partial charge in [0.25, 0.3) is 0 Å². The Balaban J connectivity index is 0.000000122. The van der Waals surface area contributed by atoms with Crippen LogP contribution in [0, 0.1) is 0 Å². The fourth-order valence-electron chi connectivity index (χ4n) is 20.9. The van der Waals surface area contributed by atoms with E-state index in [0.29, 0.717) is 5.95 Å². The molecule has 0 amide bonds. The maximum Gasteiger partial charge on any atom is 0.235 e. The van der Waals surface area contributed by atoms with Crippen molar-refractivity contribution in [2.24, 2.45) is 0 Å². The highest BCUT2D eigenvalue weighted by Crippen LogP contribution is 2.57. The summed E-state index contributed by atoms with van der Waals surface area (Å²) in [5.41, 5.74) is 36.5. The van der Waals surface area contributed by atoms with Gasteiger partial charge in [-0.25, -0.2) is 19.9 Å².